The van der Waals surface area contributed by atoms with E-state index in [4.69, 9.17) is 0 Å². The Hall–Kier alpha value is -1.66. The molecule has 1 aromatic carbocycles. The van der Waals surface area contributed by atoms with Crippen LogP contribution in [-0.2, 0) is 4.79 Å². The molecule has 0 radical (unpaired) electrons. The van der Waals surface area contributed by atoms with E-state index in [0.717, 1.165) is 24.9 Å². The van der Waals surface area contributed by atoms with Gasteiger partial charge in [-0.1, -0.05) is 32.0 Å². The summed E-state index contributed by atoms with van der Waals surface area (Å²) in [5.74, 6) is -0.770. The third-order valence-electron chi connectivity index (χ3n) is 3.30. The van der Waals surface area contributed by atoms with Crippen LogP contribution in [0.3, 0.4) is 0 Å². The molecule has 1 heterocycles. The Labute approximate surface area is 127 Å². The van der Waals surface area contributed by atoms with Crippen LogP contribution in [0.15, 0.2) is 29.2 Å². The number of nitrogens with zero attached hydrogens (tertiary/aromatic N) is 2. The van der Waals surface area contributed by atoms with Gasteiger partial charge in [0.1, 0.15) is 5.82 Å². The second kappa shape index (κ2) is 6.87. The number of hydrogen-bond donors (Lipinski definition) is 0. The van der Waals surface area contributed by atoms with Crippen LogP contribution in [-0.4, -0.2) is 40.7 Å². The maximum absolute atomic E-state index is 13.6. The predicted octanol–water partition coefficient (Wildman–Crippen LogP) is 3.16. The van der Waals surface area contributed by atoms with Gasteiger partial charge in [-0.05, 0) is 37.0 Å². The Bertz CT molecular complexity index is 585. The minimum Gasteiger partial charge on any atom is -0.286 e. The largest absolute Gasteiger partial charge is 0.294 e. The molecule has 0 N–H and O–H groups in total. The third-order valence-corrected chi connectivity index (χ3v) is 4.21. The molecule has 21 heavy (non-hydrogen) atoms. The molecule has 2 rings (SSSR count). The number of halogens is 1. The molecule has 0 aromatic heterocycles. The Morgan fingerprint density at radius 1 is 1.24 bits per heavy atom. The van der Waals surface area contributed by atoms with Crippen LogP contribution in [0.2, 0.25) is 0 Å². The van der Waals surface area contributed by atoms with Crippen molar-refractivity contribution in [1.82, 2.24) is 9.80 Å². The van der Waals surface area contributed by atoms with Crippen LogP contribution in [0.25, 0.3) is 6.08 Å². The lowest BCUT2D eigenvalue weighted by Gasteiger charge is -2.23. The lowest BCUT2D eigenvalue weighted by atomic mass is 10.2. The number of carbonyl (C=O) groups excluding carboxylic acids is 2. The molecular weight excluding hydrogens is 291 g/mol. The van der Waals surface area contributed by atoms with Gasteiger partial charge in [-0.3, -0.25) is 19.4 Å². The molecule has 0 unspecified atom stereocenters. The molecule has 0 atom stereocenters. The third kappa shape index (κ3) is 3.51. The second-order valence-electron chi connectivity index (χ2n) is 4.58. The van der Waals surface area contributed by atoms with Crippen molar-refractivity contribution in [2.45, 2.75) is 13.8 Å². The lowest BCUT2D eigenvalue weighted by molar-refractivity contribution is -0.124. The molecule has 1 aliphatic heterocycles. The Morgan fingerprint density at radius 3 is 2.52 bits per heavy atom. The van der Waals surface area contributed by atoms with Crippen LogP contribution >= 0.6 is 11.8 Å². The summed E-state index contributed by atoms with van der Waals surface area (Å²) in [5, 5.41) is -0.311. The SMILES string of the molecule is CCN(CC)CN1C(=O)SC(=Cc2ccccc2F)C1=O. The summed E-state index contributed by atoms with van der Waals surface area (Å²) in [6, 6.07) is 6.17. The first-order chi connectivity index (χ1) is 10.1. The first kappa shape index (κ1) is 15.7. The van der Waals surface area contributed by atoms with Crippen LogP contribution in [0, 0.1) is 5.82 Å². The quantitative estimate of drug-likeness (QED) is 0.784. The van der Waals surface area contributed by atoms with Crippen molar-refractivity contribution in [3.63, 3.8) is 0 Å². The maximum Gasteiger partial charge on any atom is 0.294 e. The van der Waals surface area contributed by atoms with E-state index >= 15 is 0 Å². The molecule has 0 aliphatic carbocycles. The van der Waals surface area contributed by atoms with Crippen LogP contribution in [0.1, 0.15) is 19.4 Å². The van der Waals surface area contributed by atoms with Crippen molar-refractivity contribution in [1.29, 1.82) is 0 Å². The molecule has 112 valence electrons. The number of benzene rings is 1. The number of thioether (sulfide) groups is 1. The Kier molecular flexibility index (Phi) is 5.14. The second-order valence-corrected chi connectivity index (χ2v) is 5.57. The fourth-order valence-corrected chi connectivity index (χ4v) is 2.80. The standard InChI is InChI=1S/C15H17FN2O2S/c1-3-17(4-2)10-18-14(19)13(21-15(18)20)9-11-7-5-6-8-12(11)16/h5-9H,3-4,10H2,1-2H3. The summed E-state index contributed by atoms with van der Waals surface area (Å²) in [6.45, 7) is 5.72. The first-order valence-corrected chi connectivity index (χ1v) is 7.60. The molecule has 1 aromatic rings. The number of amides is 2. The normalized spacial score (nSPS) is 17.3. The van der Waals surface area contributed by atoms with Crippen molar-refractivity contribution >= 4 is 29.0 Å². The van der Waals surface area contributed by atoms with Gasteiger partial charge in [0.15, 0.2) is 0 Å². The molecule has 0 saturated carbocycles. The Balaban J connectivity index is 2.20. The van der Waals surface area contributed by atoms with Crippen LogP contribution in [0.5, 0.6) is 0 Å². The molecule has 0 bridgehead atoms. The lowest BCUT2D eigenvalue weighted by Crippen LogP contribution is -2.40. The average Bonchev–Trinajstić information content (AvgIpc) is 2.74. The van der Waals surface area contributed by atoms with Gasteiger partial charge >= 0.3 is 0 Å². The van der Waals surface area contributed by atoms with Crippen LogP contribution in [0.4, 0.5) is 9.18 Å². The molecular formula is C15H17FN2O2S. The number of hydrogen-bond acceptors (Lipinski definition) is 4. The van der Waals surface area contributed by atoms with Gasteiger partial charge in [-0.2, -0.15) is 0 Å². The van der Waals surface area contributed by atoms with Gasteiger partial charge in [0.05, 0.1) is 11.6 Å². The van der Waals surface area contributed by atoms with E-state index in [1.807, 2.05) is 18.7 Å². The minimum absolute atomic E-state index is 0.261. The highest BCUT2D eigenvalue weighted by molar-refractivity contribution is 8.18. The van der Waals surface area contributed by atoms with E-state index in [1.165, 1.54) is 17.0 Å². The molecule has 1 saturated heterocycles. The van der Waals surface area contributed by atoms with Gasteiger partial charge in [0, 0.05) is 5.56 Å². The smallest absolute Gasteiger partial charge is 0.286 e. The fourth-order valence-electron chi connectivity index (χ4n) is 1.98. The van der Waals surface area contributed by atoms with Crippen molar-refractivity contribution < 1.29 is 14.0 Å². The zero-order valence-electron chi connectivity index (χ0n) is 12.0. The van der Waals surface area contributed by atoms with Gasteiger partial charge < -0.3 is 0 Å². The van der Waals surface area contributed by atoms with Crippen molar-refractivity contribution in [2.24, 2.45) is 0 Å². The molecule has 2 amide bonds. The number of rotatable bonds is 5. The highest BCUT2D eigenvalue weighted by atomic mass is 32.2. The zero-order valence-corrected chi connectivity index (χ0v) is 12.8. The fraction of sp³-hybridized carbons (Fsp3) is 0.333. The summed E-state index contributed by atoms with van der Waals surface area (Å²) in [6.07, 6.45) is 1.43. The summed E-state index contributed by atoms with van der Waals surface area (Å²) in [5.41, 5.74) is 0.311. The Morgan fingerprint density at radius 2 is 1.90 bits per heavy atom. The van der Waals surface area contributed by atoms with Gasteiger partial charge in [0.25, 0.3) is 11.1 Å². The summed E-state index contributed by atoms with van der Waals surface area (Å²) >= 11 is 0.853. The van der Waals surface area contributed by atoms with E-state index in [2.05, 4.69) is 0 Å². The van der Waals surface area contributed by atoms with E-state index in [9.17, 15) is 14.0 Å². The van der Waals surface area contributed by atoms with Gasteiger partial charge in [0.2, 0.25) is 0 Å². The maximum atomic E-state index is 13.6. The zero-order chi connectivity index (χ0) is 15.4. The number of carbonyl (C=O) groups is 2. The van der Waals surface area contributed by atoms with Gasteiger partial charge in [-0.25, -0.2) is 4.39 Å². The molecule has 6 heteroatoms. The summed E-state index contributed by atoms with van der Waals surface area (Å²) < 4.78 is 13.6. The van der Waals surface area contributed by atoms with E-state index in [-0.39, 0.29) is 22.7 Å². The highest BCUT2D eigenvalue weighted by Crippen LogP contribution is 2.32. The molecule has 1 fully saturated rings. The summed E-state index contributed by atoms with van der Waals surface area (Å²) in [4.78, 5) is 27.6. The predicted molar refractivity (Wildman–Crippen MR) is 82.0 cm³/mol. The van der Waals surface area contributed by atoms with E-state index in [1.54, 1.807) is 18.2 Å². The van der Waals surface area contributed by atoms with Gasteiger partial charge in [-0.15, -0.1) is 0 Å². The molecule has 1 aliphatic rings. The highest BCUT2D eigenvalue weighted by Gasteiger charge is 2.35. The van der Waals surface area contributed by atoms with Crippen molar-refractivity contribution in [3.8, 4) is 0 Å². The van der Waals surface area contributed by atoms with Crippen molar-refractivity contribution in [2.75, 3.05) is 19.8 Å². The van der Waals surface area contributed by atoms with E-state index in [0.29, 0.717) is 5.56 Å². The van der Waals surface area contributed by atoms with Crippen molar-refractivity contribution in [3.05, 3.63) is 40.6 Å². The minimum atomic E-state index is -0.409. The molecule has 4 nitrogen and oxygen atoms in total. The topological polar surface area (TPSA) is 40.6 Å². The van der Waals surface area contributed by atoms with Crippen LogP contribution < -0.4 is 0 Å². The van der Waals surface area contributed by atoms with E-state index < -0.39 is 5.82 Å². The monoisotopic (exact) mass is 308 g/mol. The first-order valence-electron chi connectivity index (χ1n) is 6.79. The average molecular weight is 308 g/mol. The summed E-state index contributed by atoms with van der Waals surface area (Å²) in [7, 11) is 0. The molecule has 0 spiro atoms. The number of imide groups is 1.